The Bertz CT molecular complexity index is 6420. The molecule has 0 saturated carbocycles. The molecule has 17 aromatic rings. The van der Waals surface area contributed by atoms with Gasteiger partial charge in [-0.05, 0) is 165 Å². The molecule has 10 heteroatoms. The van der Waals surface area contributed by atoms with Gasteiger partial charge in [0.15, 0.2) is 5.52 Å². The summed E-state index contributed by atoms with van der Waals surface area (Å²) in [5.74, 6) is 14.9. The van der Waals surface area contributed by atoms with Gasteiger partial charge >= 0.3 is 0 Å². The number of hydrogen-bond acceptors (Lipinski definition) is 7. The van der Waals surface area contributed by atoms with E-state index in [0.717, 1.165) is 119 Å². The van der Waals surface area contributed by atoms with Crippen molar-refractivity contribution in [1.29, 1.82) is 0 Å². The highest BCUT2D eigenvalue weighted by Gasteiger charge is 2.29. The van der Waals surface area contributed by atoms with E-state index < -0.39 is 0 Å². The van der Waals surface area contributed by atoms with Crippen molar-refractivity contribution in [2.45, 2.75) is 233 Å². The molecular formula is C98H100N6O4. The number of hydrogen-bond donors (Lipinski definition) is 1. The molecule has 0 radical (unpaired) electrons. The number of rotatable bonds is 33. The molecule has 17 rings (SSSR count). The number of nitrogens with zero attached hydrogens (tertiary/aromatic N) is 5. The molecule has 2 unspecified atom stereocenters. The molecule has 4 aromatic heterocycles. The number of imidazole rings is 2. The molecule has 2 N–H and O–H groups in total. The Morgan fingerprint density at radius 2 is 0.593 bits per heavy atom. The van der Waals surface area contributed by atoms with E-state index in [2.05, 4.69) is 136 Å². The number of anilines is 1. The minimum atomic E-state index is -0.370. The third-order valence-corrected chi connectivity index (χ3v) is 24.9. The van der Waals surface area contributed by atoms with Gasteiger partial charge in [-0.2, -0.15) is 0 Å². The largest absolute Gasteiger partial charge is 0.397 e. The number of nitrogens with two attached hydrogens (primary N) is 1. The first-order valence-electron chi connectivity index (χ1n) is 41.7. The average Bonchev–Trinajstić information content (AvgIpc) is 0.864. The Labute approximate surface area is 631 Å². The first-order valence-corrected chi connectivity index (χ1v) is 41.7. The number of aromatic nitrogens is 4. The van der Waals surface area contributed by atoms with E-state index in [1.165, 1.54) is 210 Å². The summed E-state index contributed by atoms with van der Waals surface area (Å²) in [5.41, 5.74) is 11.3. The summed E-state index contributed by atoms with van der Waals surface area (Å²) in [6, 6.07) is 42.7. The van der Waals surface area contributed by atoms with Crippen molar-refractivity contribution in [1.82, 2.24) is 18.8 Å². The van der Waals surface area contributed by atoms with Gasteiger partial charge in [0.05, 0.1) is 21.6 Å². The molecule has 108 heavy (non-hydrogen) atoms. The van der Waals surface area contributed by atoms with Crippen LogP contribution >= 0.6 is 0 Å². The van der Waals surface area contributed by atoms with Gasteiger partial charge in [-0.1, -0.05) is 304 Å². The molecular weight excluding hydrogens is 1330 g/mol. The molecule has 13 aromatic carbocycles. The molecule has 0 aliphatic heterocycles. The van der Waals surface area contributed by atoms with E-state index in [-0.39, 0.29) is 33.2 Å². The number of pyridine rings is 2. The maximum atomic E-state index is 15.4. The lowest BCUT2D eigenvalue weighted by Crippen LogP contribution is -2.13. The molecule has 0 fully saturated rings. The van der Waals surface area contributed by atoms with Crippen LogP contribution in [0.4, 0.5) is 11.4 Å². The summed E-state index contributed by atoms with van der Waals surface area (Å²) in [7, 11) is 0. The van der Waals surface area contributed by atoms with Crippen LogP contribution < -0.4 is 16.9 Å². The Balaban J connectivity index is 0.730. The van der Waals surface area contributed by atoms with Gasteiger partial charge in [-0.3, -0.25) is 28.5 Å². The zero-order valence-corrected chi connectivity index (χ0v) is 63.8. The van der Waals surface area contributed by atoms with Crippen LogP contribution in [-0.2, 0) is 0 Å². The molecule has 546 valence electrons. The number of benzene rings is 13. The fraction of sp³-hybridized carbons (Fsp3) is 0.388. The van der Waals surface area contributed by atoms with Crippen LogP contribution in [0.3, 0.4) is 0 Å². The number of nitrogen functional groups attached to an aromatic ring is 1. The monoisotopic (exact) mass is 1420 g/mol. The van der Waals surface area contributed by atoms with E-state index >= 15 is 9.59 Å². The van der Waals surface area contributed by atoms with Crippen LogP contribution in [0.2, 0.25) is 0 Å². The standard InChI is InChI=1S/C98H100N6O4/c1-5-9-13-17-21-23-27-31-35-61(33-29-25-19-15-11-7-3)37-39-63-57-81(99)93-82(58-63)102-95(100-93)77-53-49-73-69-45-41-65-66-42-46-70-74-50-54-78-92-80(56-52-76(90(74)92)72-48-44-68(86(66)88(70)72)67-43-47-71(87(69)85(65)67)75-51-55-79(97(102)105)91(77)89(73)75)98(106)103-83-59-64(60-84(104(107)108)94(83)101-96(78)103)40-38-62(34-30-26-20-16-12-8-4)36-32-28-24-22-18-14-10-6-2/h41-62H,5-36,99H2,1-4H3. The van der Waals surface area contributed by atoms with Crippen molar-refractivity contribution in [2.75, 3.05) is 5.73 Å². The number of fused-ring (bicyclic) bond motifs is 14. The zero-order valence-electron chi connectivity index (χ0n) is 63.8. The van der Waals surface area contributed by atoms with Crippen LogP contribution in [0.1, 0.15) is 244 Å². The molecule has 0 saturated heterocycles. The number of unbranched alkanes of at least 4 members (excludes halogenated alkanes) is 24. The molecule has 10 nitrogen and oxygen atoms in total. The SMILES string of the molecule is CCCCCCCCCCC(C#Cc1cc(N)c2nc3c4ccc5c6ccc7c8ccc9c%10ccc%11c%12c(ccc(c%13ccc(c%14ccc(c%15ccc(c(=O)n3c2c1)c4c%155)c6c%147)c8c%139)c%10%12)c(=O)n1c2cc(C#CC(CCCCCCCC)CCCCCCCCCC)cc([N+](=O)[O-])c2nc%111)CCCCCCCC. The van der Waals surface area contributed by atoms with E-state index in [1.807, 2.05) is 30.3 Å². The maximum absolute atomic E-state index is 15.4. The Morgan fingerprint density at radius 1 is 0.343 bits per heavy atom. The fourth-order valence-electron chi connectivity index (χ4n) is 19.4. The summed E-state index contributed by atoms with van der Waals surface area (Å²) in [6.07, 6.45) is 39.6. The van der Waals surface area contributed by atoms with Crippen molar-refractivity contribution < 1.29 is 4.92 Å². The Morgan fingerprint density at radius 3 is 0.898 bits per heavy atom. The molecule has 0 spiro atoms. The highest BCUT2D eigenvalue weighted by atomic mass is 16.6. The van der Waals surface area contributed by atoms with Crippen LogP contribution in [0, 0.1) is 45.6 Å². The van der Waals surface area contributed by atoms with Crippen LogP contribution in [-0.4, -0.2) is 23.7 Å². The topological polar surface area (TPSA) is 138 Å². The fourth-order valence-corrected chi connectivity index (χ4v) is 19.4. The lowest BCUT2D eigenvalue weighted by molar-refractivity contribution is -0.383. The molecule has 0 aliphatic rings. The van der Waals surface area contributed by atoms with Crippen molar-refractivity contribution >= 4 is 174 Å². The van der Waals surface area contributed by atoms with E-state index in [0.29, 0.717) is 55.8 Å². The Kier molecular flexibility index (Phi) is 20.0. The first-order chi connectivity index (χ1) is 53.1. The maximum Gasteiger partial charge on any atom is 0.298 e. The van der Waals surface area contributed by atoms with Crippen molar-refractivity contribution in [3.05, 3.63) is 163 Å². The van der Waals surface area contributed by atoms with Gasteiger partial charge in [0.1, 0.15) is 16.8 Å². The quantitative estimate of drug-likeness (QED) is 0.00822. The van der Waals surface area contributed by atoms with E-state index in [1.54, 1.807) is 14.9 Å². The van der Waals surface area contributed by atoms with E-state index in [9.17, 15) is 10.1 Å². The van der Waals surface area contributed by atoms with Gasteiger partial charge in [0, 0.05) is 61.3 Å². The third-order valence-electron chi connectivity index (χ3n) is 24.9. The highest BCUT2D eigenvalue weighted by Crippen LogP contribution is 2.52. The normalized spacial score (nSPS) is 13.0. The third kappa shape index (κ3) is 12.4. The number of nitro benzene ring substituents is 1. The lowest BCUT2D eigenvalue weighted by atomic mass is 9.81. The lowest BCUT2D eigenvalue weighted by Gasteiger charge is -2.22. The summed E-state index contributed by atoms with van der Waals surface area (Å²) in [6.45, 7) is 9.07. The van der Waals surface area contributed by atoms with Gasteiger partial charge in [0.25, 0.3) is 16.8 Å². The summed E-state index contributed by atoms with van der Waals surface area (Å²) in [4.78, 5) is 53.7. The smallest absolute Gasteiger partial charge is 0.298 e. The van der Waals surface area contributed by atoms with Gasteiger partial charge in [0.2, 0.25) is 0 Å². The second-order valence-electron chi connectivity index (χ2n) is 32.1. The van der Waals surface area contributed by atoms with Crippen LogP contribution in [0.15, 0.2) is 131 Å². The summed E-state index contributed by atoms with van der Waals surface area (Å²) >= 11 is 0. The minimum absolute atomic E-state index is 0.108. The minimum Gasteiger partial charge on any atom is -0.397 e. The van der Waals surface area contributed by atoms with Gasteiger partial charge in [-0.25, -0.2) is 9.97 Å². The van der Waals surface area contributed by atoms with E-state index in [4.69, 9.17) is 15.7 Å². The van der Waals surface area contributed by atoms with Crippen molar-refractivity contribution in [3.8, 4) is 23.7 Å². The Hall–Kier alpha value is -10.2. The van der Waals surface area contributed by atoms with Gasteiger partial charge in [-0.15, -0.1) is 0 Å². The first kappa shape index (κ1) is 70.8. The highest BCUT2D eigenvalue weighted by molar-refractivity contribution is 6.47. The van der Waals surface area contributed by atoms with Crippen LogP contribution in [0.5, 0.6) is 0 Å². The molecule has 0 bridgehead atoms. The summed E-state index contributed by atoms with van der Waals surface area (Å²) in [5, 5.41) is 38.0. The zero-order chi connectivity index (χ0) is 73.7. The summed E-state index contributed by atoms with van der Waals surface area (Å²) < 4.78 is 3.39. The van der Waals surface area contributed by atoms with Gasteiger partial charge < -0.3 is 5.73 Å². The van der Waals surface area contributed by atoms with Crippen LogP contribution in [0.25, 0.3) is 163 Å². The molecule has 2 atom stereocenters. The second-order valence-corrected chi connectivity index (χ2v) is 32.1. The number of nitro groups is 1. The second kappa shape index (κ2) is 30.5. The average molecular weight is 1430 g/mol. The molecule has 4 heterocycles. The van der Waals surface area contributed by atoms with Crippen molar-refractivity contribution in [2.24, 2.45) is 11.8 Å². The number of non-ortho nitro benzene ring substituents is 1. The predicted molar refractivity (Wildman–Crippen MR) is 460 cm³/mol. The molecule has 0 amide bonds. The molecule has 0 aliphatic carbocycles. The predicted octanol–water partition coefficient (Wildman–Crippen LogP) is 27.0. The van der Waals surface area contributed by atoms with Crippen molar-refractivity contribution in [3.63, 3.8) is 0 Å².